The van der Waals surface area contributed by atoms with E-state index in [4.69, 9.17) is 24.0 Å². The zero-order chi connectivity index (χ0) is 14.5. The number of rotatable bonds is 7. The van der Waals surface area contributed by atoms with E-state index in [0.29, 0.717) is 11.6 Å². The molecular formula is C11H17ClO5SSi. The topological polar surface area (TPSA) is 61.8 Å². The average molecular weight is 325 g/mol. The maximum Gasteiger partial charge on any atom is 0.500 e. The van der Waals surface area contributed by atoms with E-state index in [-0.39, 0.29) is 11.5 Å². The maximum absolute atomic E-state index is 11.4. The predicted molar refractivity (Wildman–Crippen MR) is 74.5 cm³/mol. The lowest BCUT2D eigenvalue weighted by Crippen LogP contribution is -2.42. The van der Waals surface area contributed by atoms with Gasteiger partial charge in [-0.1, -0.05) is 25.1 Å². The first-order valence-corrected chi connectivity index (χ1v) is 9.89. The highest BCUT2D eigenvalue weighted by Crippen LogP contribution is 2.23. The van der Waals surface area contributed by atoms with Crippen molar-refractivity contribution >= 4 is 28.5 Å². The molecule has 0 unspecified atom stereocenters. The van der Waals surface area contributed by atoms with Gasteiger partial charge in [-0.25, -0.2) is 8.42 Å². The molecule has 0 aliphatic carbocycles. The van der Waals surface area contributed by atoms with Crippen LogP contribution in [0.4, 0.5) is 0 Å². The largest absolute Gasteiger partial charge is 0.500 e. The second-order valence-corrected chi connectivity index (χ2v) is 9.49. The van der Waals surface area contributed by atoms with Crippen LogP contribution >= 0.6 is 10.7 Å². The van der Waals surface area contributed by atoms with Crippen molar-refractivity contribution in [2.75, 3.05) is 14.2 Å². The summed E-state index contributed by atoms with van der Waals surface area (Å²) < 4.78 is 39.2. The van der Waals surface area contributed by atoms with Gasteiger partial charge in [-0.2, -0.15) is 0 Å². The van der Waals surface area contributed by atoms with Crippen LogP contribution in [0.15, 0.2) is 29.2 Å². The van der Waals surface area contributed by atoms with E-state index >= 15 is 0 Å². The van der Waals surface area contributed by atoms with Gasteiger partial charge in [-0.05, 0) is 11.6 Å². The second-order valence-electron chi connectivity index (χ2n) is 3.78. The van der Waals surface area contributed by atoms with Gasteiger partial charge >= 0.3 is 8.80 Å². The summed E-state index contributed by atoms with van der Waals surface area (Å²) in [7, 11) is 1.90. The standard InChI is InChI=1S/C11H17ClO5SSi/c1-4-19(15-2,16-3)17-9-10-7-5-6-8-11(10)18(12,13)14/h5-8H,4,9H2,1-3H3. The van der Waals surface area contributed by atoms with Crippen LogP contribution in [0.1, 0.15) is 12.5 Å². The Morgan fingerprint density at radius 2 is 1.79 bits per heavy atom. The van der Waals surface area contributed by atoms with Crippen molar-refractivity contribution < 1.29 is 21.7 Å². The summed E-state index contributed by atoms with van der Waals surface area (Å²) in [4.78, 5) is 0.0443. The molecule has 0 heterocycles. The van der Waals surface area contributed by atoms with E-state index in [0.717, 1.165) is 0 Å². The van der Waals surface area contributed by atoms with E-state index in [1.807, 2.05) is 6.92 Å². The predicted octanol–water partition coefficient (Wildman–Crippen LogP) is 2.38. The summed E-state index contributed by atoms with van der Waals surface area (Å²) in [6, 6.07) is 7.01. The number of benzene rings is 1. The molecule has 0 bridgehead atoms. The van der Waals surface area contributed by atoms with Crippen LogP contribution in [0.25, 0.3) is 0 Å². The Hall–Kier alpha value is -0.443. The molecule has 0 aromatic heterocycles. The van der Waals surface area contributed by atoms with Crippen molar-refractivity contribution in [3.63, 3.8) is 0 Å². The summed E-state index contributed by atoms with van der Waals surface area (Å²) >= 11 is 0. The maximum atomic E-state index is 11.4. The van der Waals surface area contributed by atoms with Gasteiger partial charge in [0.15, 0.2) is 0 Å². The van der Waals surface area contributed by atoms with E-state index in [9.17, 15) is 8.42 Å². The van der Waals surface area contributed by atoms with Gasteiger partial charge in [0, 0.05) is 30.9 Å². The van der Waals surface area contributed by atoms with Crippen molar-refractivity contribution in [3.05, 3.63) is 29.8 Å². The SMILES string of the molecule is CC[Si](OC)(OC)OCc1ccccc1S(=O)(=O)Cl. The number of halogens is 1. The fraction of sp³-hybridized carbons (Fsp3) is 0.455. The molecule has 1 rings (SSSR count). The minimum atomic E-state index is -3.80. The Labute approximate surface area is 119 Å². The molecule has 0 aliphatic rings. The molecule has 0 aliphatic heterocycles. The van der Waals surface area contributed by atoms with Crippen LogP contribution in [0, 0.1) is 0 Å². The number of hydrogen-bond donors (Lipinski definition) is 0. The molecule has 0 amide bonds. The molecule has 0 saturated carbocycles. The van der Waals surface area contributed by atoms with E-state index < -0.39 is 17.9 Å². The third-order valence-corrected chi connectivity index (χ3v) is 6.85. The Bertz CT molecular complexity index is 507. The first-order valence-electron chi connectivity index (χ1n) is 5.65. The molecule has 0 saturated heterocycles. The van der Waals surface area contributed by atoms with Gasteiger partial charge in [-0.3, -0.25) is 0 Å². The third kappa shape index (κ3) is 4.27. The quantitative estimate of drug-likeness (QED) is 0.569. The van der Waals surface area contributed by atoms with E-state index in [2.05, 4.69) is 0 Å². The molecule has 0 spiro atoms. The van der Waals surface area contributed by atoms with Crippen LogP contribution in [0.2, 0.25) is 6.04 Å². The molecule has 0 N–H and O–H groups in total. The fourth-order valence-electron chi connectivity index (χ4n) is 1.64. The molecule has 0 radical (unpaired) electrons. The minimum absolute atomic E-state index is 0.0443. The summed E-state index contributed by atoms with van der Waals surface area (Å²) in [5.41, 5.74) is 0.483. The average Bonchev–Trinajstić information content (AvgIpc) is 2.40. The van der Waals surface area contributed by atoms with Crippen molar-refractivity contribution in [1.29, 1.82) is 0 Å². The van der Waals surface area contributed by atoms with Gasteiger partial charge in [0.05, 0.1) is 11.5 Å². The Morgan fingerprint density at radius 3 is 2.26 bits per heavy atom. The van der Waals surface area contributed by atoms with Gasteiger partial charge in [0.2, 0.25) is 0 Å². The van der Waals surface area contributed by atoms with Crippen LogP contribution in [0.3, 0.4) is 0 Å². The molecule has 1 aromatic carbocycles. The van der Waals surface area contributed by atoms with Crippen molar-refractivity contribution in [3.8, 4) is 0 Å². The Morgan fingerprint density at radius 1 is 1.21 bits per heavy atom. The van der Waals surface area contributed by atoms with Gasteiger partial charge in [0.1, 0.15) is 0 Å². The van der Waals surface area contributed by atoms with Gasteiger partial charge in [-0.15, -0.1) is 0 Å². The smallest absolute Gasteiger partial charge is 0.377 e. The first-order chi connectivity index (χ1) is 8.88. The molecule has 108 valence electrons. The number of hydrogen-bond acceptors (Lipinski definition) is 5. The first kappa shape index (κ1) is 16.6. The summed E-state index contributed by atoms with van der Waals surface area (Å²) in [5, 5.41) is 0. The van der Waals surface area contributed by atoms with E-state index in [1.165, 1.54) is 20.3 Å². The molecular weight excluding hydrogens is 308 g/mol. The highest BCUT2D eigenvalue weighted by Gasteiger charge is 2.37. The minimum Gasteiger partial charge on any atom is -0.377 e. The zero-order valence-electron chi connectivity index (χ0n) is 11.1. The van der Waals surface area contributed by atoms with Crippen molar-refractivity contribution in [2.45, 2.75) is 24.5 Å². The highest BCUT2D eigenvalue weighted by atomic mass is 35.7. The van der Waals surface area contributed by atoms with Crippen LogP contribution in [-0.2, 0) is 28.9 Å². The molecule has 5 nitrogen and oxygen atoms in total. The monoisotopic (exact) mass is 324 g/mol. The molecule has 19 heavy (non-hydrogen) atoms. The normalized spacial score (nSPS) is 12.6. The molecule has 0 fully saturated rings. The lowest BCUT2D eigenvalue weighted by Gasteiger charge is -2.25. The van der Waals surface area contributed by atoms with Gasteiger partial charge in [0.25, 0.3) is 9.05 Å². The van der Waals surface area contributed by atoms with Crippen LogP contribution < -0.4 is 0 Å². The zero-order valence-corrected chi connectivity index (χ0v) is 13.6. The summed E-state index contributed by atoms with van der Waals surface area (Å²) in [6.07, 6.45) is 0. The van der Waals surface area contributed by atoms with Crippen LogP contribution in [-0.4, -0.2) is 31.4 Å². The third-order valence-electron chi connectivity index (χ3n) is 2.74. The highest BCUT2D eigenvalue weighted by molar-refractivity contribution is 8.13. The Balaban J connectivity index is 2.96. The Kier molecular flexibility index (Phi) is 5.97. The molecule has 8 heteroatoms. The second kappa shape index (κ2) is 6.82. The molecule has 1 aromatic rings. The van der Waals surface area contributed by atoms with Crippen molar-refractivity contribution in [2.24, 2.45) is 0 Å². The lowest BCUT2D eigenvalue weighted by atomic mass is 10.2. The van der Waals surface area contributed by atoms with Gasteiger partial charge < -0.3 is 13.3 Å². The molecule has 0 atom stereocenters. The fourth-order valence-corrected chi connectivity index (χ4v) is 4.33. The van der Waals surface area contributed by atoms with Crippen molar-refractivity contribution in [1.82, 2.24) is 0 Å². The summed E-state index contributed by atoms with van der Waals surface area (Å²) in [6.45, 7) is 1.97. The summed E-state index contributed by atoms with van der Waals surface area (Å²) in [5.74, 6) is 0. The van der Waals surface area contributed by atoms with Crippen LogP contribution in [0.5, 0.6) is 0 Å². The van der Waals surface area contributed by atoms with E-state index in [1.54, 1.807) is 18.2 Å². The lowest BCUT2D eigenvalue weighted by molar-refractivity contribution is 0.0919.